The van der Waals surface area contributed by atoms with Crippen molar-refractivity contribution in [1.82, 2.24) is 9.55 Å². The Balaban J connectivity index is 2.44. The summed E-state index contributed by atoms with van der Waals surface area (Å²) in [6.07, 6.45) is -1.88. The molecule has 1 aromatic rings. The number of hydrogen-bond acceptors (Lipinski definition) is 7. The fourth-order valence-corrected chi connectivity index (χ4v) is 2.12. The average Bonchev–Trinajstić information content (AvgIpc) is 2.61. The molecule has 0 aliphatic carbocycles. The van der Waals surface area contributed by atoms with Crippen LogP contribution in [0.1, 0.15) is 13.2 Å². The lowest BCUT2D eigenvalue weighted by molar-refractivity contribution is -0.0997. The molecule has 1 saturated heterocycles. The summed E-state index contributed by atoms with van der Waals surface area (Å²) in [4.78, 5) is 14.8. The Kier molecular flexibility index (Phi) is 3.59. The van der Waals surface area contributed by atoms with Gasteiger partial charge >= 0.3 is 6.01 Å². The van der Waals surface area contributed by atoms with Gasteiger partial charge in [-0.1, -0.05) is 0 Å². The highest BCUT2D eigenvalue weighted by Crippen LogP contribution is 2.39. The second-order valence-corrected chi connectivity index (χ2v) is 4.54. The van der Waals surface area contributed by atoms with Crippen LogP contribution in [0.3, 0.4) is 0 Å². The number of hydrogen-bond donors (Lipinski definition) is 3. The normalized spacial score (nSPS) is 34.5. The molecule has 0 bridgehead atoms. The zero-order chi connectivity index (χ0) is 14.2. The van der Waals surface area contributed by atoms with Gasteiger partial charge in [0.1, 0.15) is 17.8 Å². The number of aliphatic hydroxyl groups excluding tert-OH is 2. The van der Waals surface area contributed by atoms with Crippen molar-refractivity contribution in [3.63, 3.8) is 0 Å². The number of methoxy groups -OCH3 is 1. The second kappa shape index (κ2) is 4.89. The molecule has 0 amide bonds. The minimum atomic E-state index is -1.66. The third-order valence-corrected chi connectivity index (χ3v) is 3.17. The molecule has 3 N–H and O–H groups in total. The maximum atomic E-state index is 11.2. The third-order valence-electron chi connectivity index (χ3n) is 3.17. The van der Waals surface area contributed by atoms with Crippen molar-refractivity contribution in [2.75, 3.05) is 13.7 Å². The Morgan fingerprint density at radius 2 is 2.32 bits per heavy atom. The highest BCUT2D eigenvalue weighted by atomic mass is 16.6. The lowest BCUT2D eigenvalue weighted by atomic mass is 9.96. The van der Waals surface area contributed by atoms with Gasteiger partial charge in [-0.15, -0.1) is 0 Å². The molecule has 1 fully saturated rings. The van der Waals surface area contributed by atoms with Crippen molar-refractivity contribution in [2.24, 2.45) is 0 Å². The van der Waals surface area contributed by atoms with Gasteiger partial charge in [-0.25, -0.2) is 0 Å². The molecule has 4 atom stereocenters. The highest BCUT2D eigenvalue weighted by Gasteiger charge is 2.53. The van der Waals surface area contributed by atoms with Gasteiger partial charge in [0.2, 0.25) is 0 Å². The van der Waals surface area contributed by atoms with Gasteiger partial charge in [0.15, 0.2) is 6.23 Å². The van der Waals surface area contributed by atoms with E-state index in [4.69, 9.17) is 14.6 Å². The molecule has 19 heavy (non-hydrogen) atoms. The summed E-state index contributed by atoms with van der Waals surface area (Å²) < 4.78 is 11.6. The van der Waals surface area contributed by atoms with Crippen LogP contribution in [0.15, 0.2) is 17.1 Å². The van der Waals surface area contributed by atoms with Crippen LogP contribution in [0.5, 0.6) is 6.01 Å². The molecule has 1 aromatic heterocycles. The van der Waals surface area contributed by atoms with Crippen LogP contribution in [0.2, 0.25) is 0 Å². The minimum absolute atomic E-state index is 0.0523. The lowest BCUT2D eigenvalue weighted by Crippen LogP contribution is -2.44. The van der Waals surface area contributed by atoms with Gasteiger partial charge in [-0.05, 0) is 6.92 Å². The van der Waals surface area contributed by atoms with Gasteiger partial charge in [-0.2, -0.15) is 4.98 Å². The molecule has 2 rings (SSSR count). The Labute approximate surface area is 108 Å². The Bertz CT molecular complexity index is 514. The van der Waals surface area contributed by atoms with Gasteiger partial charge in [0.25, 0.3) is 5.56 Å². The molecule has 0 radical (unpaired) electrons. The van der Waals surface area contributed by atoms with Crippen molar-refractivity contribution >= 4 is 0 Å². The van der Waals surface area contributed by atoms with E-state index in [-0.39, 0.29) is 6.01 Å². The fourth-order valence-electron chi connectivity index (χ4n) is 2.12. The SMILES string of the molecule is COc1nc(=O)ccn1[C@@H]1O[C@H](CO)[C@@H](O)[C@@]1(C)O. The Hall–Kier alpha value is -1.48. The molecular weight excluding hydrogens is 256 g/mol. The van der Waals surface area contributed by atoms with Gasteiger partial charge < -0.3 is 24.8 Å². The number of aliphatic hydroxyl groups is 3. The number of ether oxygens (including phenoxy) is 2. The van der Waals surface area contributed by atoms with E-state index >= 15 is 0 Å². The van der Waals surface area contributed by atoms with Crippen LogP contribution >= 0.6 is 0 Å². The predicted octanol–water partition coefficient (Wildman–Crippen LogP) is -1.75. The van der Waals surface area contributed by atoms with E-state index in [1.165, 1.54) is 30.9 Å². The molecule has 0 aromatic carbocycles. The van der Waals surface area contributed by atoms with Crippen LogP contribution in [-0.2, 0) is 4.74 Å². The maximum Gasteiger partial charge on any atom is 0.301 e. The smallest absolute Gasteiger partial charge is 0.301 e. The van der Waals surface area contributed by atoms with Gasteiger partial charge in [-0.3, -0.25) is 9.36 Å². The summed E-state index contributed by atoms with van der Waals surface area (Å²) in [5, 5.41) is 29.3. The van der Waals surface area contributed by atoms with E-state index < -0.39 is 36.2 Å². The van der Waals surface area contributed by atoms with Crippen LogP contribution in [0.25, 0.3) is 0 Å². The highest BCUT2D eigenvalue weighted by molar-refractivity contribution is 5.07. The number of rotatable bonds is 3. The lowest BCUT2D eigenvalue weighted by Gasteiger charge is -2.28. The zero-order valence-electron chi connectivity index (χ0n) is 10.6. The first-order chi connectivity index (χ1) is 8.91. The molecule has 0 unspecified atom stereocenters. The predicted molar refractivity (Wildman–Crippen MR) is 62.7 cm³/mol. The van der Waals surface area contributed by atoms with Crippen LogP contribution in [0, 0.1) is 0 Å². The summed E-state index contributed by atoms with van der Waals surface area (Å²) >= 11 is 0. The van der Waals surface area contributed by atoms with E-state index in [1.807, 2.05) is 0 Å². The third kappa shape index (κ3) is 2.23. The largest absolute Gasteiger partial charge is 0.468 e. The fraction of sp³-hybridized carbons (Fsp3) is 0.636. The zero-order valence-corrected chi connectivity index (χ0v) is 10.6. The Morgan fingerprint density at radius 3 is 2.84 bits per heavy atom. The van der Waals surface area contributed by atoms with Gasteiger partial charge in [0.05, 0.1) is 13.7 Å². The van der Waals surface area contributed by atoms with Crippen LogP contribution in [-0.4, -0.2) is 56.4 Å². The van der Waals surface area contributed by atoms with E-state index in [1.54, 1.807) is 0 Å². The van der Waals surface area contributed by atoms with Crippen molar-refractivity contribution in [3.05, 3.63) is 22.6 Å². The topological polar surface area (TPSA) is 114 Å². The average molecular weight is 272 g/mol. The summed E-state index contributed by atoms with van der Waals surface area (Å²) in [6, 6.07) is 1.13. The summed E-state index contributed by atoms with van der Waals surface area (Å²) in [6.45, 7) is 0.930. The number of aromatic nitrogens is 2. The van der Waals surface area contributed by atoms with E-state index in [0.717, 1.165) is 0 Å². The summed E-state index contributed by atoms with van der Waals surface area (Å²) in [7, 11) is 1.32. The van der Waals surface area contributed by atoms with Crippen LogP contribution in [0.4, 0.5) is 0 Å². The van der Waals surface area contributed by atoms with Crippen molar-refractivity contribution in [3.8, 4) is 6.01 Å². The molecule has 1 aliphatic rings. The van der Waals surface area contributed by atoms with E-state index in [0.29, 0.717) is 0 Å². The molecule has 106 valence electrons. The first-order valence-electron chi connectivity index (χ1n) is 5.71. The quantitative estimate of drug-likeness (QED) is 0.598. The molecular formula is C11H16N2O6. The van der Waals surface area contributed by atoms with E-state index in [9.17, 15) is 15.0 Å². The standard InChI is InChI=1S/C11H16N2O6/c1-11(17)8(16)6(5-14)19-9(11)13-4-3-7(15)12-10(13)18-2/h3-4,6,8-9,14,16-17H,5H2,1-2H3/t6-,8-,9-,11-/m1/s1. The van der Waals surface area contributed by atoms with Gasteiger partial charge in [0, 0.05) is 12.3 Å². The second-order valence-electron chi connectivity index (χ2n) is 4.54. The molecule has 1 aliphatic heterocycles. The van der Waals surface area contributed by atoms with Crippen molar-refractivity contribution in [2.45, 2.75) is 31.0 Å². The summed E-state index contributed by atoms with van der Waals surface area (Å²) in [5.74, 6) is 0. The first-order valence-corrected chi connectivity index (χ1v) is 5.71. The molecule has 2 heterocycles. The molecule has 0 spiro atoms. The van der Waals surface area contributed by atoms with Crippen LogP contribution < -0.4 is 10.3 Å². The maximum absolute atomic E-state index is 11.2. The van der Waals surface area contributed by atoms with Crippen molar-refractivity contribution < 1.29 is 24.8 Å². The summed E-state index contributed by atoms with van der Waals surface area (Å²) in [5.41, 5.74) is -2.15. The molecule has 8 heteroatoms. The van der Waals surface area contributed by atoms with Crippen molar-refractivity contribution in [1.29, 1.82) is 0 Å². The first kappa shape index (κ1) is 13.9. The minimum Gasteiger partial charge on any atom is -0.468 e. The molecule has 0 saturated carbocycles. The monoisotopic (exact) mass is 272 g/mol. The molecule has 8 nitrogen and oxygen atoms in total. The Morgan fingerprint density at radius 1 is 1.63 bits per heavy atom. The number of nitrogens with zero attached hydrogens (tertiary/aromatic N) is 2. The van der Waals surface area contributed by atoms with E-state index in [2.05, 4.69) is 4.98 Å².